The Morgan fingerprint density at radius 2 is 2.08 bits per heavy atom. The topological polar surface area (TPSA) is 68.0 Å². The number of carbonyl (C=O) groups is 1. The van der Waals surface area contributed by atoms with Crippen molar-refractivity contribution in [2.75, 3.05) is 6.54 Å². The highest BCUT2D eigenvalue weighted by molar-refractivity contribution is 9.10. The number of thioether (sulfide) groups is 1. The molecule has 1 aliphatic rings. The fourth-order valence-corrected chi connectivity index (χ4v) is 4.15. The molecule has 0 radical (unpaired) electrons. The predicted octanol–water partition coefficient (Wildman–Crippen LogP) is 4.68. The van der Waals surface area contributed by atoms with Gasteiger partial charge in [-0.1, -0.05) is 43.2 Å². The van der Waals surface area contributed by atoms with Gasteiger partial charge in [-0.25, -0.2) is 0 Å². The van der Waals surface area contributed by atoms with Crippen LogP contribution in [-0.4, -0.2) is 27.9 Å². The third kappa shape index (κ3) is 5.07. The first kappa shape index (κ1) is 18.5. The van der Waals surface area contributed by atoms with E-state index in [0.717, 1.165) is 16.6 Å². The van der Waals surface area contributed by atoms with E-state index < -0.39 is 0 Å². The van der Waals surface area contributed by atoms with Gasteiger partial charge in [0.15, 0.2) is 0 Å². The summed E-state index contributed by atoms with van der Waals surface area (Å²) >= 11 is 4.77. The normalized spacial score (nSPS) is 16.6. The van der Waals surface area contributed by atoms with E-state index in [1.54, 1.807) is 0 Å². The zero-order valence-corrected chi connectivity index (χ0v) is 16.6. The Labute approximate surface area is 160 Å². The number of halogens is 1. The molecule has 1 saturated carbocycles. The van der Waals surface area contributed by atoms with Crippen LogP contribution in [0.4, 0.5) is 0 Å². The third-order valence-corrected chi connectivity index (χ3v) is 6.07. The van der Waals surface area contributed by atoms with Crippen LogP contribution in [0.5, 0.6) is 0 Å². The SMILES string of the molecule is CC(Sc1nnc(-c2ccccc2Br)o1)C(=O)NCC1CCCCC1. The van der Waals surface area contributed by atoms with Gasteiger partial charge in [0.2, 0.25) is 11.8 Å². The van der Waals surface area contributed by atoms with Gasteiger partial charge < -0.3 is 9.73 Å². The van der Waals surface area contributed by atoms with E-state index in [0.29, 0.717) is 17.0 Å². The number of hydrogen-bond donors (Lipinski definition) is 1. The van der Waals surface area contributed by atoms with Crippen LogP contribution in [0, 0.1) is 5.92 Å². The summed E-state index contributed by atoms with van der Waals surface area (Å²) in [6.45, 7) is 2.64. The lowest BCUT2D eigenvalue weighted by Gasteiger charge is -2.22. The smallest absolute Gasteiger partial charge is 0.277 e. The molecular formula is C18H22BrN3O2S. The van der Waals surface area contributed by atoms with Crippen LogP contribution >= 0.6 is 27.7 Å². The molecule has 2 aromatic rings. The molecule has 0 bridgehead atoms. The van der Waals surface area contributed by atoms with Crippen LogP contribution in [0.25, 0.3) is 11.5 Å². The lowest BCUT2D eigenvalue weighted by molar-refractivity contribution is -0.120. The van der Waals surface area contributed by atoms with Gasteiger partial charge in [0.25, 0.3) is 5.22 Å². The summed E-state index contributed by atoms with van der Waals surface area (Å²) in [5, 5.41) is 11.3. The molecule has 0 aliphatic heterocycles. The van der Waals surface area contributed by atoms with Gasteiger partial charge in [0, 0.05) is 11.0 Å². The first-order valence-electron chi connectivity index (χ1n) is 8.66. The van der Waals surface area contributed by atoms with Gasteiger partial charge in [-0.2, -0.15) is 0 Å². The lowest BCUT2D eigenvalue weighted by Crippen LogP contribution is -2.35. The van der Waals surface area contributed by atoms with E-state index >= 15 is 0 Å². The Bertz CT molecular complexity index is 716. The second-order valence-electron chi connectivity index (χ2n) is 6.36. The molecule has 0 saturated heterocycles. The highest BCUT2D eigenvalue weighted by Crippen LogP contribution is 2.30. The third-order valence-electron chi connectivity index (χ3n) is 4.45. The first-order chi connectivity index (χ1) is 12.1. The number of aromatic nitrogens is 2. The number of rotatable bonds is 6. The first-order valence-corrected chi connectivity index (χ1v) is 10.3. The molecule has 1 aromatic carbocycles. The molecule has 1 heterocycles. The average molecular weight is 424 g/mol. The van der Waals surface area contributed by atoms with Crippen molar-refractivity contribution >= 4 is 33.6 Å². The van der Waals surface area contributed by atoms with Crippen molar-refractivity contribution in [3.8, 4) is 11.5 Å². The molecule has 134 valence electrons. The molecule has 3 rings (SSSR count). The van der Waals surface area contributed by atoms with Crippen molar-refractivity contribution in [1.29, 1.82) is 0 Å². The molecule has 1 aliphatic carbocycles. The quantitative estimate of drug-likeness (QED) is 0.683. The van der Waals surface area contributed by atoms with Crippen molar-refractivity contribution in [1.82, 2.24) is 15.5 Å². The Balaban J connectivity index is 1.53. The summed E-state index contributed by atoms with van der Waals surface area (Å²) in [6, 6.07) is 7.68. The standard InChI is InChI=1S/C18H22BrN3O2S/c1-12(16(23)20-11-13-7-3-2-4-8-13)25-18-22-21-17(24-18)14-9-5-6-10-15(14)19/h5-6,9-10,12-13H,2-4,7-8,11H2,1H3,(H,20,23). The van der Waals surface area contributed by atoms with Crippen molar-refractivity contribution in [3.63, 3.8) is 0 Å². The fraction of sp³-hybridized carbons (Fsp3) is 0.500. The predicted molar refractivity (Wildman–Crippen MR) is 102 cm³/mol. The van der Waals surface area contributed by atoms with Crippen molar-refractivity contribution in [2.45, 2.75) is 49.5 Å². The zero-order valence-electron chi connectivity index (χ0n) is 14.2. The van der Waals surface area contributed by atoms with Crippen LogP contribution in [0.2, 0.25) is 0 Å². The van der Waals surface area contributed by atoms with Crippen LogP contribution in [0.15, 0.2) is 38.4 Å². The number of hydrogen-bond acceptors (Lipinski definition) is 5. The second-order valence-corrected chi connectivity index (χ2v) is 8.51. The number of benzene rings is 1. The van der Waals surface area contributed by atoms with E-state index in [2.05, 4.69) is 31.4 Å². The summed E-state index contributed by atoms with van der Waals surface area (Å²) in [5.41, 5.74) is 0.844. The monoisotopic (exact) mass is 423 g/mol. The van der Waals surface area contributed by atoms with Crippen LogP contribution in [-0.2, 0) is 4.79 Å². The summed E-state index contributed by atoms with van der Waals surface area (Å²) in [5.74, 6) is 1.10. The van der Waals surface area contributed by atoms with E-state index in [1.807, 2.05) is 31.2 Å². The van der Waals surface area contributed by atoms with Gasteiger partial charge in [-0.15, -0.1) is 10.2 Å². The highest BCUT2D eigenvalue weighted by atomic mass is 79.9. The molecule has 1 fully saturated rings. The molecule has 5 nitrogen and oxygen atoms in total. The molecule has 1 amide bonds. The number of nitrogens with zero attached hydrogens (tertiary/aromatic N) is 2. The van der Waals surface area contributed by atoms with Gasteiger partial charge in [0.1, 0.15) is 0 Å². The van der Waals surface area contributed by atoms with Gasteiger partial charge >= 0.3 is 0 Å². The molecule has 7 heteroatoms. The molecule has 1 atom stereocenters. The molecule has 0 spiro atoms. The summed E-state index contributed by atoms with van der Waals surface area (Å²) in [7, 11) is 0. The van der Waals surface area contributed by atoms with E-state index in [1.165, 1.54) is 43.9 Å². The Kier molecular flexibility index (Phi) is 6.53. The minimum Gasteiger partial charge on any atom is -0.411 e. The molecule has 25 heavy (non-hydrogen) atoms. The van der Waals surface area contributed by atoms with Crippen LogP contribution < -0.4 is 5.32 Å². The highest BCUT2D eigenvalue weighted by Gasteiger charge is 2.21. The minimum absolute atomic E-state index is 0.0243. The van der Waals surface area contributed by atoms with E-state index in [4.69, 9.17) is 4.42 Å². The maximum absolute atomic E-state index is 12.3. The van der Waals surface area contributed by atoms with E-state index in [-0.39, 0.29) is 11.2 Å². The Hall–Kier alpha value is -1.34. The minimum atomic E-state index is -0.267. The lowest BCUT2D eigenvalue weighted by atomic mass is 9.89. The molecule has 1 unspecified atom stereocenters. The van der Waals surface area contributed by atoms with Gasteiger partial charge in [-0.05, 0) is 53.7 Å². The summed E-state index contributed by atoms with van der Waals surface area (Å²) < 4.78 is 6.59. The Morgan fingerprint density at radius 3 is 2.84 bits per heavy atom. The maximum Gasteiger partial charge on any atom is 0.277 e. The Morgan fingerprint density at radius 1 is 1.32 bits per heavy atom. The average Bonchev–Trinajstić information content (AvgIpc) is 3.09. The van der Waals surface area contributed by atoms with Gasteiger partial charge in [-0.3, -0.25) is 4.79 Å². The second kappa shape index (κ2) is 8.85. The largest absolute Gasteiger partial charge is 0.411 e. The van der Waals surface area contributed by atoms with Crippen LogP contribution in [0.1, 0.15) is 39.0 Å². The van der Waals surface area contributed by atoms with Crippen molar-refractivity contribution < 1.29 is 9.21 Å². The summed E-state index contributed by atoms with van der Waals surface area (Å²) in [6.07, 6.45) is 6.34. The number of nitrogens with one attached hydrogen (secondary N) is 1. The van der Waals surface area contributed by atoms with Gasteiger partial charge in [0.05, 0.1) is 10.8 Å². The summed E-state index contributed by atoms with van der Waals surface area (Å²) in [4.78, 5) is 12.3. The maximum atomic E-state index is 12.3. The molecule has 1 N–H and O–H groups in total. The van der Waals surface area contributed by atoms with Crippen molar-refractivity contribution in [2.24, 2.45) is 5.92 Å². The fourth-order valence-electron chi connectivity index (χ4n) is 2.99. The van der Waals surface area contributed by atoms with Crippen LogP contribution in [0.3, 0.4) is 0 Å². The van der Waals surface area contributed by atoms with E-state index in [9.17, 15) is 4.79 Å². The molecule has 1 aromatic heterocycles. The number of carbonyl (C=O) groups excluding carboxylic acids is 1. The number of amides is 1. The van der Waals surface area contributed by atoms with Crippen molar-refractivity contribution in [3.05, 3.63) is 28.7 Å². The molecular weight excluding hydrogens is 402 g/mol. The zero-order chi connectivity index (χ0) is 17.6.